The van der Waals surface area contributed by atoms with Gasteiger partial charge in [0.05, 0.1) is 18.5 Å². The highest BCUT2D eigenvalue weighted by molar-refractivity contribution is 6.32. The zero-order chi connectivity index (χ0) is 21.7. The predicted molar refractivity (Wildman–Crippen MR) is 107 cm³/mol. The average molecular weight is 440 g/mol. The third kappa shape index (κ3) is 5.20. The number of esters is 1. The van der Waals surface area contributed by atoms with Crippen LogP contribution < -0.4 is 10.6 Å². The highest BCUT2D eigenvalue weighted by Gasteiger charge is 2.40. The van der Waals surface area contributed by atoms with Crippen LogP contribution in [-0.4, -0.2) is 66.7 Å². The van der Waals surface area contributed by atoms with Gasteiger partial charge in [-0.1, -0.05) is 23.8 Å². The predicted octanol–water partition coefficient (Wildman–Crippen LogP) is 0.731. The maximum absolute atomic E-state index is 12.8. The smallest absolute Gasteiger partial charge is 0.310 e. The van der Waals surface area contributed by atoms with Crippen LogP contribution in [0, 0.1) is 0 Å². The van der Waals surface area contributed by atoms with Crippen molar-refractivity contribution in [3.8, 4) is 0 Å². The number of likely N-dealkylation sites (tertiary alicyclic amines) is 1. The maximum Gasteiger partial charge on any atom is 0.310 e. The minimum Gasteiger partial charge on any atom is -0.433 e. The van der Waals surface area contributed by atoms with Crippen molar-refractivity contribution in [1.29, 1.82) is 0 Å². The molecule has 2 heterocycles. The molecule has 10 heteroatoms. The first-order valence-electron chi connectivity index (χ1n) is 10.1. The van der Waals surface area contributed by atoms with Crippen molar-refractivity contribution in [3.05, 3.63) is 22.8 Å². The minimum atomic E-state index is -0.821. The topological polar surface area (TPSA) is 114 Å². The molecule has 0 radical (unpaired) electrons. The molecule has 0 aromatic heterocycles. The molecule has 0 unspecified atom stereocenters. The van der Waals surface area contributed by atoms with Crippen LogP contribution in [0.5, 0.6) is 0 Å². The van der Waals surface area contributed by atoms with E-state index in [1.54, 1.807) is 13.0 Å². The van der Waals surface area contributed by atoms with Crippen molar-refractivity contribution in [2.75, 3.05) is 19.7 Å². The number of cyclic esters (lactones) is 1. The van der Waals surface area contributed by atoms with E-state index in [2.05, 4.69) is 10.6 Å². The van der Waals surface area contributed by atoms with E-state index in [-0.39, 0.29) is 24.8 Å². The number of carbonyl (C=O) groups is 4. The third-order valence-electron chi connectivity index (χ3n) is 5.25. The van der Waals surface area contributed by atoms with Gasteiger partial charge in [-0.2, -0.15) is 0 Å². The molecule has 164 valence electrons. The number of halogens is 1. The van der Waals surface area contributed by atoms with E-state index in [0.717, 1.165) is 6.42 Å². The molecule has 0 saturated carbocycles. The van der Waals surface area contributed by atoms with Crippen LogP contribution in [0.2, 0.25) is 0 Å². The van der Waals surface area contributed by atoms with Gasteiger partial charge in [0, 0.05) is 18.2 Å². The molecule has 2 N–H and O–H groups in total. The Hall–Kier alpha value is -2.39. The van der Waals surface area contributed by atoms with Gasteiger partial charge in [0.15, 0.2) is 0 Å². The number of nitrogens with zero attached hydrogens (tertiary/aromatic N) is 1. The summed E-state index contributed by atoms with van der Waals surface area (Å²) in [6.07, 6.45) is 5.27. The molecular formula is C20H26ClN3O6. The molecule has 3 amide bonds. The second-order valence-electron chi connectivity index (χ2n) is 7.32. The van der Waals surface area contributed by atoms with Crippen molar-refractivity contribution < 1.29 is 28.7 Å². The van der Waals surface area contributed by atoms with E-state index < -0.39 is 30.3 Å². The SMILES string of the molecule is CCO[C@H]1OC(=O)C[C@@H]1NC(=O)[C@@H]1CCCN1C(=O)CNC(=O)C1=C(Cl)CCC=C1. The van der Waals surface area contributed by atoms with Gasteiger partial charge in [-0.25, -0.2) is 0 Å². The summed E-state index contributed by atoms with van der Waals surface area (Å²) >= 11 is 6.08. The highest BCUT2D eigenvalue weighted by Crippen LogP contribution is 2.23. The van der Waals surface area contributed by atoms with Crippen LogP contribution >= 0.6 is 11.6 Å². The summed E-state index contributed by atoms with van der Waals surface area (Å²) in [6.45, 7) is 2.30. The van der Waals surface area contributed by atoms with Crippen LogP contribution in [0.3, 0.4) is 0 Å². The van der Waals surface area contributed by atoms with Crippen LogP contribution in [0.4, 0.5) is 0 Å². The highest BCUT2D eigenvalue weighted by atomic mass is 35.5. The molecule has 2 fully saturated rings. The number of ether oxygens (including phenoxy) is 2. The fraction of sp³-hybridized carbons (Fsp3) is 0.600. The van der Waals surface area contributed by atoms with Crippen LogP contribution in [0.15, 0.2) is 22.8 Å². The summed E-state index contributed by atoms with van der Waals surface area (Å²) in [5.74, 6) is -1.56. The van der Waals surface area contributed by atoms with Crippen molar-refractivity contribution >= 4 is 35.3 Å². The summed E-state index contributed by atoms with van der Waals surface area (Å²) in [4.78, 5) is 50.7. The molecular weight excluding hydrogens is 414 g/mol. The molecule has 0 aromatic carbocycles. The number of carbonyl (C=O) groups excluding carboxylic acids is 4. The van der Waals surface area contributed by atoms with Crippen LogP contribution in [0.25, 0.3) is 0 Å². The lowest BCUT2D eigenvalue weighted by atomic mass is 10.1. The Morgan fingerprint density at radius 1 is 1.37 bits per heavy atom. The largest absolute Gasteiger partial charge is 0.433 e. The molecule has 3 rings (SSSR count). The van der Waals surface area contributed by atoms with Crippen molar-refractivity contribution in [3.63, 3.8) is 0 Å². The number of allylic oxidation sites excluding steroid dienone is 2. The molecule has 0 spiro atoms. The van der Waals surface area contributed by atoms with E-state index in [1.165, 1.54) is 4.90 Å². The first-order chi connectivity index (χ1) is 14.4. The summed E-state index contributed by atoms with van der Waals surface area (Å²) in [5.41, 5.74) is 0.360. The Kier molecular flexibility index (Phi) is 7.49. The standard InChI is InChI=1S/C20H26ClN3O6/c1-2-29-20-14(10-17(26)30-20)23-19(28)15-8-5-9-24(15)16(25)11-22-18(27)12-6-3-4-7-13(12)21/h3,6,14-15,20H,2,4-5,7-11H2,1H3,(H,22,27)(H,23,28)/t14-,15-,20-/m0/s1. The van der Waals surface area contributed by atoms with E-state index in [1.807, 2.05) is 6.08 Å². The summed E-state index contributed by atoms with van der Waals surface area (Å²) in [6, 6.07) is -1.25. The lowest BCUT2D eigenvalue weighted by Crippen LogP contribution is -2.52. The van der Waals surface area contributed by atoms with Gasteiger partial charge >= 0.3 is 5.97 Å². The Morgan fingerprint density at radius 3 is 2.90 bits per heavy atom. The normalized spacial score (nSPS) is 26.0. The van der Waals surface area contributed by atoms with Crippen molar-refractivity contribution in [2.24, 2.45) is 0 Å². The number of amides is 3. The van der Waals surface area contributed by atoms with Crippen molar-refractivity contribution in [1.82, 2.24) is 15.5 Å². The number of hydrogen-bond donors (Lipinski definition) is 2. The number of rotatable bonds is 7. The summed E-state index contributed by atoms with van der Waals surface area (Å²) in [5, 5.41) is 5.82. The molecule has 1 aliphatic carbocycles. The van der Waals surface area contributed by atoms with E-state index in [0.29, 0.717) is 43.0 Å². The second kappa shape index (κ2) is 10.1. The van der Waals surface area contributed by atoms with E-state index in [4.69, 9.17) is 21.1 Å². The van der Waals surface area contributed by atoms with Crippen molar-refractivity contribution in [2.45, 2.75) is 57.4 Å². The summed E-state index contributed by atoms with van der Waals surface area (Å²) in [7, 11) is 0. The Bertz CT molecular complexity index is 781. The fourth-order valence-electron chi connectivity index (χ4n) is 3.77. The van der Waals surface area contributed by atoms with Gasteiger partial charge in [0.1, 0.15) is 12.1 Å². The molecule has 3 atom stereocenters. The van der Waals surface area contributed by atoms with Gasteiger partial charge in [-0.3, -0.25) is 19.2 Å². The second-order valence-corrected chi connectivity index (χ2v) is 7.78. The van der Waals surface area contributed by atoms with E-state index in [9.17, 15) is 19.2 Å². The Morgan fingerprint density at radius 2 is 2.17 bits per heavy atom. The molecule has 2 aliphatic heterocycles. The lowest BCUT2D eigenvalue weighted by molar-refractivity contribution is -0.164. The third-order valence-corrected chi connectivity index (χ3v) is 5.64. The molecule has 3 aliphatic rings. The minimum absolute atomic E-state index is 0.0243. The fourth-order valence-corrected chi connectivity index (χ4v) is 4.03. The summed E-state index contributed by atoms with van der Waals surface area (Å²) < 4.78 is 10.4. The van der Waals surface area contributed by atoms with Gasteiger partial charge in [-0.15, -0.1) is 0 Å². The Labute approximate surface area is 179 Å². The van der Waals surface area contributed by atoms with Gasteiger partial charge in [0.2, 0.25) is 18.1 Å². The lowest BCUT2D eigenvalue weighted by Gasteiger charge is -2.26. The quantitative estimate of drug-likeness (QED) is 0.565. The molecule has 9 nitrogen and oxygen atoms in total. The average Bonchev–Trinajstić information content (AvgIpc) is 3.33. The zero-order valence-electron chi connectivity index (χ0n) is 16.8. The first-order valence-corrected chi connectivity index (χ1v) is 10.5. The molecule has 30 heavy (non-hydrogen) atoms. The maximum atomic E-state index is 12.8. The Balaban J connectivity index is 1.55. The first kappa shape index (κ1) is 22.3. The molecule has 0 aromatic rings. The van der Waals surface area contributed by atoms with E-state index >= 15 is 0 Å². The number of nitrogens with one attached hydrogen (secondary N) is 2. The number of hydrogen-bond acceptors (Lipinski definition) is 6. The zero-order valence-corrected chi connectivity index (χ0v) is 17.6. The van der Waals surface area contributed by atoms with Gasteiger partial charge in [0.25, 0.3) is 5.91 Å². The molecule has 0 bridgehead atoms. The monoisotopic (exact) mass is 439 g/mol. The van der Waals surface area contributed by atoms with Gasteiger partial charge in [-0.05, 0) is 32.6 Å². The van der Waals surface area contributed by atoms with Crippen LogP contribution in [0.1, 0.15) is 39.0 Å². The molecule has 2 saturated heterocycles. The van der Waals surface area contributed by atoms with Crippen LogP contribution in [-0.2, 0) is 28.7 Å². The van der Waals surface area contributed by atoms with Gasteiger partial charge < -0.3 is 25.0 Å².